The number of nitrogens with zero attached hydrogens (tertiary/aromatic N) is 4. The molecule has 3 N–H and O–H groups in total. The summed E-state index contributed by atoms with van der Waals surface area (Å²) in [6.07, 6.45) is -0.360. The van der Waals surface area contributed by atoms with Crippen LogP contribution in [-0.4, -0.2) is 63.3 Å². The zero-order chi connectivity index (χ0) is 25.4. The lowest BCUT2D eigenvalue weighted by Crippen LogP contribution is -2.59. The van der Waals surface area contributed by atoms with Gasteiger partial charge in [-0.2, -0.15) is 0 Å². The molecule has 1 aliphatic rings. The van der Waals surface area contributed by atoms with Crippen LogP contribution in [0.2, 0.25) is 0 Å². The van der Waals surface area contributed by atoms with Gasteiger partial charge < -0.3 is 24.8 Å². The molecule has 2 aromatic carbocycles. The van der Waals surface area contributed by atoms with Gasteiger partial charge in [-0.05, 0) is 61.4 Å². The Labute approximate surface area is 203 Å². The molecule has 184 valence electrons. The van der Waals surface area contributed by atoms with Crippen molar-refractivity contribution in [3.63, 3.8) is 0 Å². The molecule has 0 spiro atoms. The van der Waals surface area contributed by atoms with Crippen molar-refractivity contribution in [2.75, 3.05) is 19.1 Å². The van der Waals surface area contributed by atoms with Crippen molar-refractivity contribution in [1.82, 2.24) is 25.9 Å². The fourth-order valence-electron chi connectivity index (χ4n) is 4.36. The van der Waals surface area contributed by atoms with E-state index in [2.05, 4.69) is 25.9 Å². The van der Waals surface area contributed by atoms with Gasteiger partial charge in [-0.25, -0.2) is 9.89 Å². The molecule has 0 amide bonds. The molecule has 35 heavy (non-hydrogen) atoms. The van der Waals surface area contributed by atoms with Gasteiger partial charge in [0, 0.05) is 18.4 Å². The molecule has 1 aliphatic heterocycles. The first kappa shape index (κ1) is 24.4. The van der Waals surface area contributed by atoms with E-state index < -0.39 is 17.2 Å². The summed E-state index contributed by atoms with van der Waals surface area (Å²) >= 11 is 0. The van der Waals surface area contributed by atoms with Gasteiger partial charge in [0.1, 0.15) is 11.3 Å². The monoisotopic (exact) mass is 478 g/mol. The Morgan fingerprint density at radius 1 is 1.11 bits per heavy atom. The molecular formula is C25H30N6O4. The second kappa shape index (κ2) is 9.12. The summed E-state index contributed by atoms with van der Waals surface area (Å²) in [6.45, 7) is 7.07. The zero-order valence-electron chi connectivity index (χ0n) is 20.7. The average Bonchev–Trinajstić information content (AvgIpc) is 3.50. The molecule has 0 aliphatic carbocycles. The number of hydrogen-bond acceptors (Lipinski definition) is 9. The van der Waals surface area contributed by atoms with Crippen molar-refractivity contribution in [1.29, 1.82) is 0 Å². The van der Waals surface area contributed by atoms with Gasteiger partial charge in [0.25, 0.3) is 0 Å². The van der Waals surface area contributed by atoms with E-state index in [-0.39, 0.29) is 11.8 Å². The van der Waals surface area contributed by atoms with Gasteiger partial charge in [0.2, 0.25) is 0 Å². The van der Waals surface area contributed by atoms with Crippen LogP contribution >= 0.6 is 0 Å². The number of nitrogens with one attached hydrogen (secondary N) is 2. The van der Waals surface area contributed by atoms with E-state index in [0.29, 0.717) is 11.5 Å². The standard InChI is InChI=1S/C25H30N6O4/c1-15(34-5)25(4)26-21(24(2,3)33)20(23(32)35-6)31(25)17-13-11-16(12-14-17)18-9-7-8-10-19(18)22-27-29-30-28-22/h7-15,26,33H,1-6H3,(H,27,28,29,30). The van der Waals surface area contributed by atoms with Crippen molar-refractivity contribution in [2.45, 2.75) is 45.1 Å². The maximum Gasteiger partial charge on any atom is 0.356 e. The molecule has 0 saturated carbocycles. The Bertz CT molecular complexity index is 1230. The van der Waals surface area contributed by atoms with Crippen LogP contribution in [0.1, 0.15) is 27.7 Å². The first-order chi connectivity index (χ1) is 16.6. The van der Waals surface area contributed by atoms with Gasteiger partial charge in [0.15, 0.2) is 11.5 Å². The number of rotatable bonds is 7. The molecular weight excluding hydrogens is 448 g/mol. The average molecular weight is 479 g/mol. The Kier molecular flexibility index (Phi) is 6.35. The minimum atomic E-state index is -1.32. The number of aromatic amines is 1. The first-order valence-electron chi connectivity index (χ1n) is 11.2. The predicted octanol–water partition coefficient (Wildman–Crippen LogP) is 2.85. The summed E-state index contributed by atoms with van der Waals surface area (Å²) < 4.78 is 10.8. The van der Waals surface area contributed by atoms with Crippen molar-refractivity contribution >= 4 is 11.7 Å². The van der Waals surface area contributed by atoms with Crippen LogP contribution in [0.5, 0.6) is 0 Å². The third-order valence-electron chi connectivity index (χ3n) is 6.40. The van der Waals surface area contributed by atoms with E-state index in [4.69, 9.17) is 9.47 Å². The molecule has 2 heterocycles. The Hall–Kier alpha value is -3.76. The fourth-order valence-corrected chi connectivity index (χ4v) is 4.36. The number of carbonyl (C=O) groups is 1. The largest absolute Gasteiger partial charge is 0.464 e. The molecule has 2 unspecified atom stereocenters. The van der Waals surface area contributed by atoms with Crippen LogP contribution in [0.25, 0.3) is 22.5 Å². The Balaban J connectivity index is 1.83. The van der Waals surface area contributed by atoms with Gasteiger partial charge in [-0.1, -0.05) is 36.4 Å². The predicted molar refractivity (Wildman–Crippen MR) is 131 cm³/mol. The number of anilines is 1. The Morgan fingerprint density at radius 3 is 2.31 bits per heavy atom. The van der Waals surface area contributed by atoms with Gasteiger partial charge >= 0.3 is 5.97 Å². The van der Waals surface area contributed by atoms with Crippen LogP contribution in [0.3, 0.4) is 0 Å². The number of H-pyrrole nitrogens is 1. The molecule has 0 bridgehead atoms. The minimum absolute atomic E-state index is 0.229. The van der Waals surface area contributed by atoms with Gasteiger partial charge in [-0.3, -0.25) is 0 Å². The quantitative estimate of drug-likeness (QED) is 0.440. The van der Waals surface area contributed by atoms with Crippen LogP contribution < -0.4 is 10.2 Å². The second-order valence-electron chi connectivity index (χ2n) is 9.10. The van der Waals surface area contributed by atoms with E-state index >= 15 is 0 Å². The third kappa shape index (κ3) is 4.26. The molecule has 10 heteroatoms. The summed E-state index contributed by atoms with van der Waals surface area (Å²) in [5, 5.41) is 28.5. The smallest absolute Gasteiger partial charge is 0.356 e. The highest BCUT2D eigenvalue weighted by molar-refractivity contribution is 5.96. The van der Waals surface area contributed by atoms with Gasteiger partial charge in [-0.15, -0.1) is 5.10 Å². The minimum Gasteiger partial charge on any atom is -0.464 e. The van der Waals surface area contributed by atoms with Crippen LogP contribution in [0, 0.1) is 0 Å². The number of aromatic nitrogens is 4. The lowest BCUT2D eigenvalue weighted by atomic mass is 9.98. The van der Waals surface area contributed by atoms with E-state index in [9.17, 15) is 9.90 Å². The topological polar surface area (TPSA) is 125 Å². The number of benzene rings is 2. The molecule has 2 atom stereocenters. The summed E-state index contributed by atoms with van der Waals surface area (Å²) in [7, 11) is 2.93. The van der Waals surface area contributed by atoms with Crippen molar-refractivity contribution in [3.8, 4) is 22.5 Å². The summed E-state index contributed by atoms with van der Waals surface area (Å²) in [4.78, 5) is 14.8. The maximum atomic E-state index is 13.0. The number of carbonyl (C=O) groups excluding carboxylic acids is 1. The summed E-state index contributed by atoms with van der Waals surface area (Å²) in [5.74, 6) is 0.00883. The van der Waals surface area contributed by atoms with Crippen molar-refractivity contribution in [3.05, 3.63) is 59.9 Å². The first-order valence-corrected chi connectivity index (χ1v) is 11.2. The molecule has 4 rings (SSSR count). The zero-order valence-corrected chi connectivity index (χ0v) is 20.7. The van der Waals surface area contributed by atoms with E-state index in [1.807, 2.05) is 67.3 Å². The highest BCUT2D eigenvalue weighted by Gasteiger charge is 2.51. The van der Waals surface area contributed by atoms with E-state index in [1.165, 1.54) is 7.11 Å². The van der Waals surface area contributed by atoms with Crippen LogP contribution in [-0.2, 0) is 14.3 Å². The molecule has 10 nitrogen and oxygen atoms in total. The Morgan fingerprint density at radius 2 is 1.77 bits per heavy atom. The molecule has 3 aromatic rings. The fraction of sp³-hybridized carbons (Fsp3) is 0.360. The summed E-state index contributed by atoms with van der Waals surface area (Å²) in [5.41, 5.74) is 1.88. The lowest BCUT2D eigenvalue weighted by Gasteiger charge is -2.42. The van der Waals surface area contributed by atoms with Crippen LogP contribution in [0.15, 0.2) is 59.9 Å². The maximum absolute atomic E-state index is 13.0. The van der Waals surface area contributed by atoms with Crippen molar-refractivity contribution in [2.24, 2.45) is 0 Å². The number of aliphatic hydroxyl groups is 1. The molecule has 0 fully saturated rings. The van der Waals surface area contributed by atoms with Crippen LogP contribution in [0.4, 0.5) is 5.69 Å². The number of tetrazole rings is 1. The summed E-state index contributed by atoms with van der Waals surface area (Å²) in [6, 6.07) is 15.6. The normalized spacial score (nSPS) is 19.0. The highest BCUT2D eigenvalue weighted by atomic mass is 16.5. The van der Waals surface area contributed by atoms with E-state index in [0.717, 1.165) is 22.4 Å². The number of methoxy groups -OCH3 is 2. The SMILES string of the molecule is COC(=O)C1=C(C(C)(C)O)NC(C)(C(C)OC)N1c1ccc(-c2ccccc2-c2nnn[nH]2)cc1. The molecule has 1 aromatic heterocycles. The third-order valence-corrected chi connectivity index (χ3v) is 6.40. The highest BCUT2D eigenvalue weighted by Crippen LogP contribution is 2.41. The number of ether oxygens (including phenoxy) is 2. The van der Waals surface area contributed by atoms with Crippen molar-refractivity contribution < 1.29 is 19.4 Å². The number of esters is 1. The van der Waals surface area contributed by atoms with E-state index in [1.54, 1.807) is 21.0 Å². The van der Waals surface area contributed by atoms with Gasteiger partial charge in [0.05, 0.1) is 18.9 Å². The number of hydrogen-bond donors (Lipinski definition) is 3. The second-order valence-corrected chi connectivity index (χ2v) is 9.10. The molecule has 0 radical (unpaired) electrons. The lowest BCUT2D eigenvalue weighted by molar-refractivity contribution is -0.136. The molecule has 0 saturated heterocycles.